The maximum absolute atomic E-state index is 12.5. The van der Waals surface area contributed by atoms with E-state index in [1.54, 1.807) is 0 Å². The summed E-state index contributed by atoms with van der Waals surface area (Å²) in [7, 11) is 1.29. The molecule has 2 amide bonds. The highest BCUT2D eigenvalue weighted by atomic mass is 16.5. The molecule has 0 aliphatic heterocycles. The van der Waals surface area contributed by atoms with E-state index in [0.717, 1.165) is 18.2 Å². The molecule has 1 aliphatic carbocycles. The number of hydrogen-bond acceptors (Lipinski definition) is 4. The van der Waals surface area contributed by atoms with E-state index in [-0.39, 0.29) is 11.8 Å². The lowest BCUT2D eigenvalue weighted by Crippen LogP contribution is -2.44. The first-order valence-electron chi connectivity index (χ1n) is 9.47. The maximum atomic E-state index is 12.5. The van der Waals surface area contributed by atoms with Crippen molar-refractivity contribution < 1.29 is 14.3 Å². The number of anilines is 2. The molecular weight excluding hydrogens is 330 g/mol. The summed E-state index contributed by atoms with van der Waals surface area (Å²) in [6.45, 7) is 5.01. The van der Waals surface area contributed by atoms with Crippen LogP contribution in [0.1, 0.15) is 46.0 Å². The molecule has 1 aliphatic rings. The van der Waals surface area contributed by atoms with Gasteiger partial charge in [-0.3, -0.25) is 4.79 Å². The second kappa shape index (κ2) is 10.0. The van der Waals surface area contributed by atoms with Crippen molar-refractivity contribution >= 4 is 23.4 Å². The zero-order chi connectivity index (χ0) is 18.9. The monoisotopic (exact) mass is 361 g/mol. The number of amides is 2. The molecule has 0 heterocycles. The maximum Gasteiger partial charge on any atom is 0.407 e. The minimum Gasteiger partial charge on any atom is -0.453 e. The largest absolute Gasteiger partial charge is 0.453 e. The van der Waals surface area contributed by atoms with Gasteiger partial charge < -0.3 is 20.7 Å². The molecule has 1 fully saturated rings. The molecule has 0 aromatic heterocycles. The molecule has 6 heteroatoms. The van der Waals surface area contributed by atoms with E-state index >= 15 is 0 Å². The molecule has 2 rings (SSSR count). The Kier molecular flexibility index (Phi) is 7.75. The lowest BCUT2D eigenvalue weighted by Gasteiger charge is -2.19. The van der Waals surface area contributed by atoms with Crippen molar-refractivity contribution in [2.75, 3.05) is 24.3 Å². The minimum absolute atomic E-state index is 0.240. The molecule has 1 saturated carbocycles. The normalized spacial score (nSPS) is 15.5. The summed E-state index contributed by atoms with van der Waals surface area (Å²) >= 11 is 0. The summed E-state index contributed by atoms with van der Waals surface area (Å²) in [5, 5.41) is 8.92. The molecule has 0 bridgehead atoms. The second-order valence-electron chi connectivity index (χ2n) is 7.42. The third-order valence-electron chi connectivity index (χ3n) is 4.72. The molecule has 1 unspecified atom stereocenters. The number of carbonyl (C=O) groups is 2. The quantitative estimate of drug-likeness (QED) is 0.654. The van der Waals surface area contributed by atoms with E-state index in [1.165, 1.54) is 32.8 Å². The van der Waals surface area contributed by atoms with Crippen LogP contribution in [0.2, 0.25) is 0 Å². The van der Waals surface area contributed by atoms with E-state index in [2.05, 4.69) is 20.7 Å². The van der Waals surface area contributed by atoms with E-state index in [4.69, 9.17) is 0 Å². The van der Waals surface area contributed by atoms with Crippen LogP contribution in [0.15, 0.2) is 24.3 Å². The van der Waals surface area contributed by atoms with Gasteiger partial charge in [0.05, 0.1) is 7.11 Å². The first-order chi connectivity index (χ1) is 12.5. The Bertz CT molecular complexity index is 580. The van der Waals surface area contributed by atoms with E-state index in [1.807, 2.05) is 38.1 Å². The highest BCUT2D eigenvalue weighted by Crippen LogP contribution is 2.25. The van der Waals surface area contributed by atoms with Crippen LogP contribution in [-0.4, -0.2) is 31.7 Å². The number of ether oxygens (including phenoxy) is 1. The molecule has 26 heavy (non-hydrogen) atoms. The highest BCUT2D eigenvalue weighted by molar-refractivity contribution is 5.96. The smallest absolute Gasteiger partial charge is 0.407 e. The van der Waals surface area contributed by atoms with Crippen LogP contribution in [0.5, 0.6) is 0 Å². The van der Waals surface area contributed by atoms with Crippen molar-refractivity contribution in [3.8, 4) is 0 Å². The van der Waals surface area contributed by atoms with Gasteiger partial charge in [0, 0.05) is 17.9 Å². The first-order valence-corrected chi connectivity index (χ1v) is 9.47. The van der Waals surface area contributed by atoms with E-state index in [0.29, 0.717) is 12.1 Å². The first kappa shape index (κ1) is 20.1. The summed E-state index contributed by atoms with van der Waals surface area (Å²) in [5.74, 6) is 0.802. The highest BCUT2D eigenvalue weighted by Gasteiger charge is 2.22. The van der Waals surface area contributed by atoms with Gasteiger partial charge in [0.2, 0.25) is 5.91 Å². The zero-order valence-electron chi connectivity index (χ0n) is 16.0. The van der Waals surface area contributed by atoms with Crippen LogP contribution in [0.25, 0.3) is 0 Å². The molecular formula is C20H31N3O3. The summed E-state index contributed by atoms with van der Waals surface area (Å²) in [6.07, 6.45) is 5.25. The van der Waals surface area contributed by atoms with Crippen LogP contribution in [0.4, 0.5) is 16.2 Å². The predicted octanol–water partition coefficient (Wildman–Crippen LogP) is 4.00. The number of alkyl carbamates (subject to hydrolysis) is 1. The van der Waals surface area contributed by atoms with Crippen molar-refractivity contribution in [1.29, 1.82) is 0 Å². The third kappa shape index (κ3) is 6.58. The van der Waals surface area contributed by atoms with Crippen LogP contribution >= 0.6 is 0 Å². The summed E-state index contributed by atoms with van der Waals surface area (Å²) < 4.78 is 4.61. The van der Waals surface area contributed by atoms with Crippen molar-refractivity contribution in [2.24, 2.45) is 11.8 Å². The van der Waals surface area contributed by atoms with Crippen LogP contribution in [0, 0.1) is 11.8 Å². The van der Waals surface area contributed by atoms with Crippen molar-refractivity contribution in [3.63, 3.8) is 0 Å². The van der Waals surface area contributed by atoms with Crippen LogP contribution in [0.3, 0.4) is 0 Å². The average Bonchev–Trinajstić information content (AvgIpc) is 3.13. The Morgan fingerprint density at radius 3 is 2.31 bits per heavy atom. The van der Waals surface area contributed by atoms with Gasteiger partial charge in [-0.05, 0) is 55.4 Å². The molecule has 1 atom stereocenters. The summed E-state index contributed by atoms with van der Waals surface area (Å²) in [5.41, 5.74) is 1.77. The zero-order valence-corrected chi connectivity index (χ0v) is 16.0. The Hall–Kier alpha value is -2.24. The van der Waals surface area contributed by atoms with E-state index in [9.17, 15) is 9.59 Å². The SMILES string of the molecule is COC(=O)NC(CC(C)C)C(=O)Nc1ccc(NCC2CCCC2)cc1. The van der Waals surface area contributed by atoms with Crippen molar-refractivity contribution in [3.05, 3.63) is 24.3 Å². The number of hydrogen-bond donors (Lipinski definition) is 3. The van der Waals surface area contributed by atoms with Gasteiger partial charge in [-0.2, -0.15) is 0 Å². The summed E-state index contributed by atoms with van der Waals surface area (Å²) in [6, 6.07) is 7.06. The van der Waals surface area contributed by atoms with Gasteiger partial charge in [-0.15, -0.1) is 0 Å². The van der Waals surface area contributed by atoms with Crippen LogP contribution < -0.4 is 16.0 Å². The molecule has 1 aromatic rings. The average molecular weight is 361 g/mol. The van der Waals surface area contributed by atoms with Gasteiger partial charge in [-0.25, -0.2) is 4.79 Å². The number of nitrogens with one attached hydrogen (secondary N) is 3. The molecule has 0 spiro atoms. The lowest BCUT2D eigenvalue weighted by atomic mass is 10.0. The second-order valence-corrected chi connectivity index (χ2v) is 7.42. The van der Waals surface area contributed by atoms with Gasteiger partial charge in [-0.1, -0.05) is 26.7 Å². The lowest BCUT2D eigenvalue weighted by molar-refractivity contribution is -0.118. The van der Waals surface area contributed by atoms with Gasteiger partial charge in [0.1, 0.15) is 6.04 Å². The number of carbonyl (C=O) groups excluding carboxylic acids is 2. The number of benzene rings is 1. The molecule has 144 valence electrons. The standard InChI is InChI=1S/C20H31N3O3/c1-14(2)12-18(23-20(25)26-3)19(24)22-17-10-8-16(9-11-17)21-13-15-6-4-5-7-15/h8-11,14-15,18,21H,4-7,12-13H2,1-3H3,(H,22,24)(H,23,25). The van der Waals surface area contributed by atoms with Crippen molar-refractivity contribution in [1.82, 2.24) is 5.32 Å². The van der Waals surface area contributed by atoms with E-state index < -0.39 is 12.1 Å². The fourth-order valence-corrected chi connectivity index (χ4v) is 3.28. The number of rotatable bonds is 8. The Morgan fingerprint density at radius 1 is 1.12 bits per heavy atom. The Balaban J connectivity index is 1.88. The Morgan fingerprint density at radius 2 is 1.73 bits per heavy atom. The van der Waals surface area contributed by atoms with Crippen molar-refractivity contribution in [2.45, 2.75) is 52.0 Å². The molecule has 1 aromatic carbocycles. The minimum atomic E-state index is -0.623. The fraction of sp³-hybridized carbons (Fsp3) is 0.600. The van der Waals surface area contributed by atoms with Crippen LogP contribution in [-0.2, 0) is 9.53 Å². The third-order valence-corrected chi connectivity index (χ3v) is 4.72. The molecule has 0 radical (unpaired) electrons. The molecule has 6 nitrogen and oxygen atoms in total. The molecule has 0 saturated heterocycles. The van der Waals surface area contributed by atoms with Gasteiger partial charge in [0.15, 0.2) is 0 Å². The van der Waals surface area contributed by atoms with Gasteiger partial charge in [0.25, 0.3) is 0 Å². The Labute approximate surface area is 156 Å². The van der Waals surface area contributed by atoms with Gasteiger partial charge >= 0.3 is 6.09 Å². The summed E-state index contributed by atoms with van der Waals surface area (Å²) in [4.78, 5) is 24.0. The topological polar surface area (TPSA) is 79.5 Å². The fourth-order valence-electron chi connectivity index (χ4n) is 3.28. The number of methoxy groups -OCH3 is 1. The predicted molar refractivity (Wildman–Crippen MR) is 104 cm³/mol. The molecule has 3 N–H and O–H groups in total.